The molecule has 7 heteroatoms. The van der Waals surface area contributed by atoms with Gasteiger partial charge in [0.05, 0.1) is 0 Å². The van der Waals surface area contributed by atoms with Crippen LogP contribution in [-0.4, -0.2) is 52.6 Å². The number of nitrogens with two attached hydrogens (primary N) is 1. The van der Waals surface area contributed by atoms with E-state index in [2.05, 4.69) is 0 Å². The summed E-state index contributed by atoms with van der Waals surface area (Å²) in [5, 5.41) is 17.4. The largest absolute Gasteiger partial charge is 0.480 e. The first kappa shape index (κ1) is 15.6. The minimum Gasteiger partial charge on any atom is -0.480 e. The zero-order valence-corrected chi connectivity index (χ0v) is 10.8. The lowest BCUT2D eigenvalue weighted by molar-refractivity contribution is -0.140. The Labute approximate surface area is 115 Å². The second-order valence-electron chi connectivity index (χ2n) is 4.18. The molecule has 0 atom stereocenters. The number of amides is 1. The topological polar surface area (TPSA) is 121 Å². The molecule has 0 aliphatic carbocycles. The lowest BCUT2D eigenvalue weighted by Gasteiger charge is -2.18. The van der Waals surface area contributed by atoms with Crippen LogP contribution in [0.1, 0.15) is 15.9 Å². The molecular formula is C13H16N2O5. The number of carbonyl (C=O) groups is 3. The number of carboxylic acids is 2. The molecule has 0 aromatic heterocycles. The molecule has 1 amide bonds. The molecule has 7 nitrogen and oxygen atoms in total. The number of carboxylic acid groups (broad SMARTS) is 2. The van der Waals surface area contributed by atoms with Crippen LogP contribution < -0.4 is 5.73 Å². The highest BCUT2D eigenvalue weighted by Crippen LogP contribution is 2.08. The summed E-state index contributed by atoms with van der Waals surface area (Å²) in [4.78, 5) is 34.2. The minimum atomic E-state index is -1.26. The second kappa shape index (κ2) is 7.25. The molecule has 0 saturated carbocycles. The minimum absolute atomic E-state index is 0.244. The summed E-state index contributed by atoms with van der Waals surface area (Å²) >= 11 is 0. The van der Waals surface area contributed by atoms with E-state index >= 15 is 0 Å². The van der Waals surface area contributed by atoms with Crippen molar-refractivity contribution in [1.82, 2.24) is 4.90 Å². The van der Waals surface area contributed by atoms with E-state index in [0.717, 1.165) is 10.5 Å². The predicted molar refractivity (Wildman–Crippen MR) is 70.4 cm³/mol. The highest BCUT2D eigenvalue weighted by atomic mass is 16.4. The number of carbonyl (C=O) groups excluding carboxylic acids is 1. The van der Waals surface area contributed by atoms with Crippen LogP contribution in [0.5, 0.6) is 0 Å². The van der Waals surface area contributed by atoms with Crippen molar-refractivity contribution in [3.05, 3.63) is 35.4 Å². The zero-order chi connectivity index (χ0) is 15.1. The van der Waals surface area contributed by atoms with Gasteiger partial charge in [0.2, 0.25) is 0 Å². The maximum Gasteiger partial charge on any atom is 0.323 e. The van der Waals surface area contributed by atoms with Gasteiger partial charge < -0.3 is 20.8 Å². The molecule has 0 spiro atoms. The van der Waals surface area contributed by atoms with E-state index in [9.17, 15) is 14.4 Å². The van der Waals surface area contributed by atoms with Crippen LogP contribution in [0.15, 0.2) is 24.3 Å². The standard InChI is InChI=1S/C13H16N2O5/c14-6-5-9-1-3-10(4-2-9)13(20)15(7-11(16)17)8-12(18)19/h1-4H,5-8,14H2,(H,16,17)(H,18,19). The van der Waals surface area contributed by atoms with Crippen molar-refractivity contribution in [1.29, 1.82) is 0 Å². The molecule has 20 heavy (non-hydrogen) atoms. The van der Waals surface area contributed by atoms with E-state index in [4.69, 9.17) is 15.9 Å². The summed E-state index contributed by atoms with van der Waals surface area (Å²) in [7, 11) is 0. The van der Waals surface area contributed by atoms with E-state index in [1.807, 2.05) is 0 Å². The van der Waals surface area contributed by atoms with Gasteiger partial charge in [0.1, 0.15) is 13.1 Å². The normalized spacial score (nSPS) is 10.1. The van der Waals surface area contributed by atoms with Crippen LogP contribution in [0.4, 0.5) is 0 Å². The Hall–Kier alpha value is -2.41. The summed E-state index contributed by atoms with van der Waals surface area (Å²) in [5.41, 5.74) is 6.61. The first-order chi connectivity index (χ1) is 9.43. The quantitative estimate of drug-likeness (QED) is 0.636. The van der Waals surface area contributed by atoms with Crippen molar-refractivity contribution in [2.75, 3.05) is 19.6 Å². The van der Waals surface area contributed by atoms with Gasteiger partial charge in [0.25, 0.3) is 5.91 Å². The Bertz CT molecular complexity index is 482. The summed E-state index contributed by atoms with van der Waals surface area (Å²) in [6.07, 6.45) is 0.669. The molecule has 1 aromatic carbocycles. The molecule has 0 bridgehead atoms. The number of hydrogen-bond donors (Lipinski definition) is 3. The maximum absolute atomic E-state index is 12.1. The van der Waals surface area contributed by atoms with Crippen LogP contribution in [-0.2, 0) is 16.0 Å². The lowest BCUT2D eigenvalue weighted by atomic mass is 10.1. The number of rotatable bonds is 7. The van der Waals surface area contributed by atoms with Crippen LogP contribution in [0.2, 0.25) is 0 Å². The monoisotopic (exact) mass is 280 g/mol. The smallest absolute Gasteiger partial charge is 0.323 e. The summed E-state index contributed by atoms with van der Waals surface area (Å²) in [6, 6.07) is 6.48. The van der Waals surface area contributed by atoms with Gasteiger partial charge in [0.15, 0.2) is 0 Å². The van der Waals surface area contributed by atoms with Gasteiger partial charge in [0, 0.05) is 5.56 Å². The average molecular weight is 280 g/mol. The third-order valence-corrected chi connectivity index (χ3v) is 2.57. The highest BCUT2D eigenvalue weighted by Gasteiger charge is 2.20. The summed E-state index contributed by atoms with van der Waals surface area (Å²) in [6.45, 7) is -0.831. The molecule has 4 N–H and O–H groups in total. The Balaban J connectivity index is 2.87. The van der Waals surface area contributed by atoms with Gasteiger partial charge in [-0.1, -0.05) is 12.1 Å². The van der Waals surface area contributed by atoms with E-state index in [0.29, 0.717) is 13.0 Å². The van der Waals surface area contributed by atoms with E-state index in [-0.39, 0.29) is 5.56 Å². The molecule has 0 aliphatic heterocycles. The number of hydrogen-bond acceptors (Lipinski definition) is 4. The van der Waals surface area contributed by atoms with E-state index < -0.39 is 30.9 Å². The molecule has 0 fully saturated rings. The van der Waals surface area contributed by atoms with Gasteiger partial charge in [-0.05, 0) is 30.7 Å². The summed E-state index contributed by atoms with van der Waals surface area (Å²) in [5.74, 6) is -3.16. The number of aliphatic carboxylic acids is 2. The van der Waals surface area contributed by atoms with Crippen LogP contribution in [0, 0.1) is 0 Å². The van der Waals surface area contributed by atoms with Crippen molar-refractivity contribution in [2.24, 2.45) is 5.73 Å². The fraction of sp³-hybridized carbons (Fsp3) is 0.308. The molecule has 0 aliphatic rings. The molecular weight excluding hydrogens is 264 g/mol. The van der Waals surface area contributed by atoms with Crippen molar-refractivity contribution in [3.8, 4) is 0 Å². The molecule has 0 heterocycles. The third-order valence-electron chi connectivity index (χ3n) is 2.57. The molecule has 108 valence electrons. The Morgan fingerprint density at radius 3 is 1.90 bits per heavy atom. The Morgan fingerprint density at radius 1 is 1.00 bits per heavy atom. The average Bonchev–Trinajstić information content (AvgIpc) is 2.37. The Kier molecular flexibility index (Phi) is 5.67. The van der Waals surface area contributed by atoms with E-state index in [1.54, 1.807) is 12.1 Å². The van der Waals surface area contributed by atoms with Crippen molar-refractivity contribution in [3.63, 3.8) is 0 Å². The summed E-state index contributed by atoms with van der Waals surface area (Å²) < 4.78 is 0. The van der Waals surface area contributed by atoms with Gasteiger partial charge in [-0.15, -0.1) is 0 Å². The lowest BCUT2D eigenvalue weighted by Crippen LogP contribution is -2.39. The molecule has 1 rings (SSSR count). The first-order valence-corrected chi connectivity index (χ1v) is 5.96. The maximum atomic E-state index is 12.1. The van der Waals surface area contributed by atoms with Crippen LogP contribution in [0.25, 0.3) is 0 Å². The zero-order valence-electron chi connectivity index (χ0n) is 10.8. The van der Waals surface area contributed by atoms with Crippen LogP contribution in [0.3, 0.4) is 0 Å². The van der Waals surface area contributed by atoms with Gasteiger partial charge >= 0.3 is 11.9 Å². The van der Waals surface area contributed by atoms with Gasteiger partial charge in [-0.25, -0.2) is 0 Å². The Morgan fingerprint density at radius 2 is 1.50 bits per heavy atom. The highest BCUT2D eigenvalue weighted by molar-refractivity contribution is 5.97. The van der Waals surface area contributed by atoms with E-state index in [1.165, 1.54) is 12.1 Å². The van der Waals surface area contributed by atoms with Crippen molar-refractivity contribution < 1.29 is 24.6 Å². The number of nitrogens with zero attached hydrogens (tertiary/aromatic N) is 1. The van der Waals surface area contributed by atoms with Crippen molar-refractivity contribution in [2.45, 2.75) is 6.42 Å². The third kappa shape index (κ3) is 4.69. The first-order valence-electron chi connectivity index (χ1n) is 5.96. The van der Waals surface area contributed by atoms with Crippen LogP contribution >= 0.6 is 0 Å². The number of benzene rings is 1. The fourth-order valence-electron chi connectivity index (χ4n) is 1.69. The molecule has 0 radical (unpaired) electrons. The second-order valence-corrected chi connectivity index (χ2v) is 4.18. The van der Waals surface area contributed by atoms with Gasteiger partial charge in [-0.2, -0.15) is 0 Å². The molecule has 0 unspecified atom stereocenters. The fourth-order valence-corrected chi connectivity index (χ4v) is 1.69. The van der Waals surface area contributed by atoms with Gasteiger partial charge in [-0.3, -0.25) is 14.4 Å². The van der Waals surface area contributed by atoms with Crippen molar-refractivity contribution >= 4 is 17.8 Å². The predicted octanol–water partition coefficient (Wildman–Crippen LogP) is -0.201. The molecule has 1 aromatic rings. The molecule has 0 saturated heterocycles. The SMILES string of the molecule is NCCc1ccc(C(=O)N(CC(=O)O)CC(=O)O)cc1.